The first-order valence-corrected chi connectivity index (χ1v) is 9.37. The highest BCUT2D eigenvalue weighted by molar-refractivity contribution is 7.91. The third-order valence-electron chi connectivity index (χ3n) is 4.93. The van der Waals surface area contributed by atoms with Crippen molar-refractivity contribution in [2.24, 2.45) is 23.5 Å². The zero-order chi connectivity index (χ0) is 14.9. The Hall–Kier alpha value is -0.620. The number of hydrogen-bond acceptors (Lipinski definition) is 4. The van der Waals surface area contributed by atoms with E-state index < -0.39 is 9.84 Å². The van der Waals surface area contributed by atoms with Crippen LogP contribution in [0.5, 0.6) is 0 Å². The SMILES string of the molecule is CC1CC(C)C(C(=O)NC2CCS(=O)(=O)CC2)CC1N. The Labute approximate surface area is 121 Å². The van der Waals surface area contributed by atoms with Crippen LogP contribution in [-0.4, -0.2) is 37.9 Å². The fourth-order valence-electron chi connectivity index (χ4n) is 3.39. The first kappa shape index (κ1) is 15.8. The number of sulfone groups is 1. The van der Waals surface area contributed by atoms with Gasteiger partial charge in [0.25, 0.3) is 0 Å². The highest BCUT2D eigenvalue weighted by atomic mass is 32.2. The van der Waals surface area contributed by atoms with Gasteiger partial charge < -0.3 is 11.1 Å². The van der Waals surface area contributed by atoms with Crippen molar-refractivity contribution in [1.82, 2.24) is 5.32 Å². The second kappa shape index (κ2) is 6.02. The third-order valence-corrected chi connectivity index (χ3v) is 6.64. The predicted octanol–water partition coefficient (Wildman–Crippen LogP) is 0.689. The molecule has 4 atom stereocenters. The van der Waals surface area contributed by atoms with E-state index in [4.69, 9.17) is 5.73 Å². The summed E-state index contributed by atoms with van der Waals surface area (Å²) in [6, 6.07) is 0.0995. The predicted molar refractivity (Wildman–Crippen MR) is 78.8 cm³/mol. The maximum absolute atomic E-state index is 12.4. The lowest BCUT2D eigenvalue weighted by Crippen LogP contribution is -2.49. The molecule has 0 spiro atoms. The van der Waals surface area contributed by atoms with Crippen molar-refractivity contribution in [2.75, 3.05) is 11.5 Å². The number of amides is 1. The van der Waals surface area contributed by atoms with Crippen LogP contribution < -0.4 is 11.1 Å². The monoisotopic (exact) mass is 302 g/mol. The lowest BCUT2D eigenvalue weighted by atomic mass is 9.72. The van der Waals surface area contributed by atoms with Crippen LogP contribution in [0.3, 0.4) is 0 Å². The van der Waals surface area contributed by atoms with Crippen LogP contribution in [0.4, 0.5) is 0 Å². The van der Waals surface area contributed by atoms with Crippen molar-refractivity contribution in [3.05, 3.63) is 0 Å². The summed E-state index contributed by atoms with van der Waals surface area (Å²) in [6.07, 6.45) is 2.80. The Balaban J connectivity index is 1.89. The summed E-state index contributed by atoms with van der Waals surface area (Å²) in [5.74, 6) is 1.22. The van der Waals surface area contributed by atoms with Gasteiger partial charge >= 0.3 is 0 Å². The molecule has 1 heterocycles. The standard InChI is InChI=1S/C14H26N2O3S/c1-9-7-10(2)13(15)8-12(9)14(17)16-11-3-5-20(18,19)6-4-11/h9-13H,3-8,15H2,1-2H3,(H,16,17). The average Bonchev–Trinajstić information content (AvgIpc) is 2.36. The first-order valence-electron chi connectivity index (χ1n) is 7.55. The number of nitrogens with one attached hydrogen (secondary N) is 1. The van der Waals surface area contributed by atoms with Crippen LogP contribution in [0.2, 0.25) is 0 Å². The Morgan fingerprint density at radius 1 is 1.10 bits per heavy atom. The molecule has 0 aromatic heterocycles. The van der Waals surface area contributed by atoms with Gasteiger partial charge in [0.1, 0.15) is 9.84 Å². The number of nitrogens with two attached hydrogens (primary N) is 1. The molecule has 0 bridgehead atoms. The highest BCUT2D eigenvalue weighted by Gasteiger charge is 2.36. The lowest BCUT2D eigenvalue weighted by Gasteiger charge is -2.37. The Bertz CT molecular complexity index is 449. The molecule has 3 N–H and O–H groups in total. The Kier molecular flexibility index (Phi) is 4.74. The van der Waals surface area contributed by atoms with Gasteiger partial charge in [0.05, 0.1) is 11.5 Å². The molecule has 6 heteroatoms. The minimum atomic E-state index is -2.87. The number of carbonyl (C=O) groups excluding carboxylic acids is 1. The van der Waals surface area contributed by atoms with Crippen molar-refractivity contribution >= 4 is 15.7 Å². The van der Waals surface area contributed by atoms with Gasteiger partial charge in [-0.05, 0) is 37.5 Å². The summed E-state index contributed by atoms with van der Waals surface area (Å²) in [7, 11) is -2.87. The second-order valence-electron chi connectivity index (χ2n) is 6.63. The van der Waals surface area contributed by atoms with E-state index in [1.54, 1.807) is 0 Å². The van der Waals surface area contributed by atoms with Gasteiger partial charge in [0.15, 0.2) is 0 Å². The minimum Gasteiger partial charge on any atom is -0.353 e. The Morgan fingerprint density at radius 3 is 2.30 bits per heavy atom. The molecule has 1 saturated heterocycles. The van der Waals surface area contributed by atoms with E-state index in [9.17, 15) is 13.2 Å². The number of hydrogen-bond donors (Lipinski definition) is 2. The van der Waals surface area contributed by atoms with Gasteiger partial charge in [-0.3, -0.25) is 4.79 Å². The van der Waals surface area contributed by atoms with Crippen molar-refractivity contribution in [1.29, 1.82) is 0 Å². The van der Waals surface area contributed by atoms with Crippen LogP contribution in [0, 0.1) is 17.8 Å². The van der Waals surface area contributed by atoms with Gasteiger partial charge in [-0.2, -0.15) is 0 Å². The van der Waals surface area contributed by atoms with Crippen LogP contribution >= 0.6 is 0 Å². The van der Waals surface area contributed by atoms with E-state index >= 15 is 0 Å². The molecular formula is C14H26N2O3S. The van der Waals surface area contributed by atoms with Crippen LogP contribution in [0.15, 0.2) is 0 Å². The summed E-state index contributed by atoms with van der Waals surface area (Å²) in [5, 5.41) is 3.03. The molecule has 2 aliphatic rings. The normalized spacial score (nSPS) is 38.4. The van der Waals surface area contributed by atoms with Crippen LogP contribution in [0.25, 0.3) is 0 Å². The second-order valence-corrected chi connectivity index (χ2v) is 8.93. The van der Waals surface area contributed by atoms with E-state index in [-0.39, 0.29) is 35.4 Å². The van der Waals surface area contributed by atoms with E-state index in [2.05, 4.69) is 19.2 Å². The maximum atomic E-state index is 12.4. The molecular weight excluding hydrogens is 276 g/mol. The molecule has 1 amide bonds. The van der Waals surface area contributed by atoms with Crippen molar-refractivity contribution in [2.45, 2.75) is 51.6 Å². The largest absolute Gasteiger partial charge is 0.353 e. The van der Waals surface area contributed by atoms with E-state index in [0.29, 0.717) is 24.7 Å². The molecule has 0 aromatic carbocycles. The van der Waals surface area contributed by atoms with Gasteiger partial charge in [-0.15, -0.1) is 0 Å². The molecule has 1 aliphatic carbocycles. The summed E-state index contributed by atoms with van der Waals surface area (Å²) in [4.78, 5) is 12.4. The first-order chi connectivity index (χ1) is 9.28. The smallest absolute Gasteiger partial charge is 0.223 e. The van der Waals surface area contributed by atoms with Gasteiger partial charge in [0, 0.05) is 18.0 Å². The van der Waals surface area contributed by atoms with Gasteiger partial charge in [-0.25, -0.2) is 8.42 Å². The summed E-state index contributed by atoms with van der Waals surface area (Å²) >= 11 is 0. The fraction of sp³-hybridized carbons (Fsp3) is 0.929. The Morgan fingerprint density at radius 2 is 1.70 bits per heavy atom. The molecule has 0 radical (unpaired) electrons. The molecule has 4 unspecified atom stereocenters. The molecule has 20 heavy (non-hydrogen) atoms. The van der Waals surface area contributed by atoms with E-state index in [1.165, 1.54) is 0 Å². The van der Waals surface area contributed by atoms with Crippen molar-refractivity contribution < 1.29 is 13.2 Å². The molecule has 5 nitrogen and oxygen atoms in total. The molecule has 116 valence electrons. The number of rotatable bonds is 2. The molecule has 2 fully saturated rings. The zero-order valence-electron chi connectivity index (χ0n) is 12.3. The maximum Gasteiger partial charge on any atom is 0.223 e. The van der Waals surface area contributed by atoms with Crippen LogP contribution in [-0.2, 0) is 14.6 Å². The highest BCUT2D eigenvalue weighted by Crippen LogP contribution is 2.33. The molecule has 1 aliphatic heterocycles. The van der Waals surface area contributed by atoms with Gasteiger partial charge in [-0.1, -0.05) is 13.8 Å². The summed E-state index contributed by atoms with van der Waals surface area (Å²) < 4.78 is 22.8. The fourth-order valence-corrected chi connectivity index (χ4v) is 4.88. The molecule has 0 aromatic rings. The topological polar surface area (TPSA) is 89.3 Å². The average molecular weight is 302 g/mol. The lowest BCUT2D eigenvalue weighted by molar-refractivity contribution is -0.129. The molecule has 1 saturated carbocycles. The summed E-state index contributed by atoms with van der Waals surface area (Å²) in [6.45, 7) is 4.25. The minimum absolute atomic E-state index is 0.00815. The van der Waals surface area contributed by atoms with Crippen molar-refractivity contribution in [3.63, 3.8) is 0 Å². The van der Waals surface area contributed by atoms with Gasteiger partial charge in [0.2, 0.25) is 5.91 Å². The molecule has 2 rings (SSSR count). The van der Waals surface area contributed by atoms with Crippen LogP contribution in [0.1, 0.15) is 39.5 Å². The number of carbonyl (C=O) groups is 1. The van der Waals surface area contributed by atoms with E-state index in [0.717, 1.165) is 12.8 Å². The zero-order valence-corrected chi connectivity index (χ0v) is 13.2. The quantitative estimate of drug-likeness (QED) is 0.785. The van der Waals surface area contributed by atoms with E-state index in [1.807, 2.05) is 0 Å². The summed E-state index contributed by atoms with van der Waals surface area (Å²) in [5.41, 5.74) is 6.08. The van der Waals surface area contributed by atoms with Crippen molar-refractivity contribution in [3.8, 4) is 0 Å². The third kappa shape index (κ3) is 3.73.